The molecule has 154 valence electrons. The van der Waals surface area contributed by atoms with Crippen LogP contribution in [0.4, 0.5) is 0 Å². The molecule has 0 bridgehead atoms. The molecule has 1 heterocycles. The number of guanidine groups is 1. The minimum absolute atomic E-state index is 0. The highest BCUT2D eigenvalue weighted by molar-refractivity contribution is 14.0. The minimum atomic E-state index is 0. The maximum Gasteiger partial charge on any atom is 0.191 e. The number of thioether (sulfide) groups is 1. The van der Waals surface area contributed by atoms with E-state index in [0.717, 1.165) is 50.9 Å². The van der Waals surface area contributed by atoms with Crippen LogP contribution in [0, 0.1) is 0 Å². The lowest BCUT2D eigenvalue weighted by molar-refractivity contribution is 0.0794. The first-order chi connectivity index (χ1) is 12.6. The Bertz CT molecular complexity index is 569. The predicted octanol–water partition coefficient (Wildman–Crippen LogP) is 4.19. The van der Waals surface area contributed by atoms with Crippen molar-refractivity contribution >= 4 is 53.3 Å². The number of hydrogen-bond acceptors (Lipinski definition) is 4. The summed E-state index contributed by atoms with van der Waals surface area (Å²) < 4.78 is 11.6. The monoisotopic (exact) mass is 527 g/mol. The van der Waals surface area contributed by atoms with Gasteiger partial charge >= 0.3 is 0 Å². The Kier molecular flexibility index (Phi) is 11.8. The summed E-state index contributed by atoms with van der Waals surface area (Å²) >= 11 is 7.81. The number of aliphatic imine (C=N–C) groups is 1. The van der Waals surface area contributed by atoms with Crippen LogP contribution in [0.15, 0.2) is 29.3 Å². The van der Waals surface area contributed by atoms with Gasteiger partial charge in [0.05, 0.1) is 13.1 Å². The Labute approximate surface area is 189 Å². The zero-order valence-electron chi connectivity index (χ0n) is 16.3. The van der Waals surface area contributed by atoms with Gasteiger partial charge in [0.1, 0.15) is 11.9 Å². The normalized spacial score (nSPS) is 17.6. The molecule has 1 aliphatic heterocycles. The lowest BCUT2D eigenvalue weighted by Crippen LogP contribution is -2.43. The number of benzene rings is 1. The fraction of sp³-hybridized carbons (Fsp3) is 0.632. The number of ether oxygens (including phenoxy) is 2. The molecule has 1 aliphatic rings. The Balaban J connectivity index is 0.00000364. The van der Waals surface area contributed by atoms with Crippen molar-refractivity contribution in [2.24, 2.45) is 4.99 Å². The third-order valence-electron chi connectivity index (χ3n) is 4.41. The average molecular weight is 528 g/mol. The van der Waals surface area contributed by atoms with Crippen molar-refractivity contribution in [3.05, 3.63) is 29.3 Å². The quantitative estimate of drug-likeness (QED) is 0.302. The van der Waals surface area contributed by atoms with E-state index in [1.165, 1.54) is 0 Å². The number of hydrogen-bond donors (Lipinski definition) is 2. The SMILES string of the molecule is CCNC(=NCC1(SC)CCOCC1)NCC(C)Oc1ccc(Cl)cc1.I. The van der Waals surface area contributed by atoms with E-state index in [1.807, 2.05) is 43.0 Å². The van der Waals surface area contributed by atoms with Gasteiger partial charge in [0, 0.05) is 29.5 Å². The fourth-order valence-corrected chi connectivity index (χ4v) is 3.66. The van der Waals surface area contributed by atoms with Crippen LogP contribution in [0.3, 0.4) is 0 Å². The van der Waals surface area contributed by atoms with Crippen molar-refractivity contribution in [1.29, 1.82) is 0 Å². The van der Waals surface area contributed by atoms with Gasteiger partial charge in [-0.05, 0) is 57.2 Å². The van der Waals surface area contributed by atoms with E-state index in [9.17, 15) is 0 Å². The van der Waals surface area contributed by atoms with Gasteiger partial charge < -0.3 is 20.1 Å². The van der Waals surface area contributed by atoms with Crippen molar-refractivity contribution in [2.75, 3.05) is 39.1 Å². The molecule has 0 saturated carbocycles. The highest BCUT2D eigenvalue weighted by Gasteiger charge is 2.31. The van der Waals surface area contributed by atoms with E-state index < -0.39 is 0 Å². The van der Waals surface area contributed by atoms with E-state index >= 15 is 0 Å². The zero-order chi connectivity index (χ0) is 18.8. The van der Waals surface area contributed by atoms with Gasteiger partial charge in [-0.1, -0.05) is 11.6 Å². The molecule has 1 aromatic rings. The molecule has 0 aromatic heterocycles. The predicted molar refractivity (Wildman–Crippen MR) is 127 cm³/mol. The minimum Gasteiger partial charge on any atom is -0.489 e. The highest BCUT2D eigenvalue weighted by Crippen LogP contribution is 2.33. The van der Waals surface area contributed by atoms with E-state index in [-0.39, 0.29) is 34.8 Å². The summed E-state index contributed by atoms with van der Waals surface area (Å²) in [6, 6.07) is 7.42. The molecule has 1 aromatic carbocycles. The van der Waals surface area contributed by atoms with Crippen LogP contribution >= 0.6 is 47.3 Å². The summed E-state index contributed by atoms with van der Waals surface area (Å²) in [6.07, 6.45) is 4.28. The summed E-state index contributed by atoms with van der Waals surface area (Å²) in [4.78, 5) is 4.82. The van der Waals surface area contributed by atoms with Gasteiger partial charge in [-0.25, -0.2) is 0 Å². The van der Waals surface area contributed by atoms with Crippen molar-refractivity contribution in [1.82, 2.24) is 10.6 Å². The van der Waals surface area contributed by atoms with Crippen molar-refractivity contribution in [3.63, 3.8) is 0 Å². The highest BCUT2D eigenvalue weighted by atomic mass is 127. The largest absolute Gasteiger partial charge is 0.489 e. The molecule has 27 heavy (non-hydrogen) atoms. The maximum atomic E-state index is 5.91. The second-order valence-electron chi connectivity index (χ2n) is 6.46. The molecule has 1 atom stereocenters. The van der Waals surface area contributed by atoms with E-state index in [1.54, 1.807) is 0 Å². The Morgan fingerprint density at radius 2 is 1.96 bits per heavy atom. The van der Waals surface area contributed by atoms with E-state index in [0.29, 0.717) is 11.6 Å². The van der Waals surface area contributed by atoms with Crippen LogP contribution in [0.25, 0.3) is 0 Å². The van der Waals surface area contributed by atoms with Crippen molar-refractivity contribution < 1.29 is 9.47 Å². The first-order valence-corrected chi connectivity index (χ1v) is 10.7. The van der Waals surface area contributed by atoms with Crippen LogP contribution in [0.1, 0.15) is 26.7 Å². The van der Waals surface area contributed by atoms with Crippen LogP contribution in [-0.4, -0.2) is 55.9 Å². The topological polar surface area (TPSA) is 54.9 Å². The lowest BCUT2D eigenvalue weighted by Gasteiger charge is -2.34. The summed E-state index contributed by atoms with van der Waals surface area (Å²) in [5.41, 5.74) is 0. The summed E-state index contributed by atoms with van der Waals surface area (Å²) in [7, 11) is 0. The Hall–Kier alpha value is -0.380. The number of rotatable bonds is 8. The third-order valence-corrected chi connectivity index (χ3v) is 6.07. The van der Waals surface area contributed by atoms with E-state index in [4.69, 9.17) is 26.1 Å². The number of halogens is 2. The molecule has 2 N–H and O–H groups in total. The molecular weight excluding hydrogens is 497 g/mol. The molecule has 0 amide bonds. The second kappa shape index (κ2) is 13.0. The zero-order valence-corrected chi connectivity index (χ0v) is 20.2. The Morgan fingerprint density at radius 1 is 1.30 bits per heavy atom. The molecule has 0 spiro atoms. The third kappa shape index (κ3) is 8.66. The lowest BCUT2D eigenvalue weighted by atomic mass is 9.99. The molecule has 0 aliphatic carbocycles. The number of nitrogens with one attached hydrogen (secondary N) is 2. The van der Waals surface area contributed by atoms with Gasteiger partial charge in [-0.2, -0.15) is 11.8 Å². The van der Waals surface area contributed by atoms with Crippen molar-refractivity contribution in [2.45, 2.75) is 37.5 Å². The Morgan fingerprint density at radius 3 is 2.56 bits per heavy atom. The summed E-state index contributed by atoms with van der Waals surface area (Å²) in [6.45, 7) is 8.05. The van der Waals surface area contributed by atoms with Crippen LogP contribution < -0.4 is 15.4 Å². The van der Waals surface area contributed by atoms with Gasteiger partial charge in [-0.3, -0.25) is 4.99 Å². The first kappa shape index (κ1) is 24.7. The number of nitrogens with zero attached hydrogens (tertiary/aromatic N) is 1. The van der Waals surface area contributed by atoms with Gasteiger partial charge in [0.15, 0.2) is 5.96 Å². The smallest absolute Gasteiger partial charge is 0.191 e. The second-order valence-corrected chi connectivity index (χ2v) is 8.17. The van der Waals surface area contributed by atoms with Gasteiger partial charge in [0.2, 0.25) is 0 Å². The fourth-order valence-electron chi connectivity index (χ4n) is 2.76. The molecule has 8 heteroatoms. The summed E-state index contributed by atoms with van der Waals surface area (Å²) in [5.74, 6) is 1.65. The van der Waals surface area contributed by atoms with Gasteiger partial charge in [-0.15, -0.1) is 24.0 Å². The standard InChI is InChI=1S/C19H30ClN3O2S.HI/c1-4-21-18(23-14-19(26-3)9-11-24-12-10-19)22-13-15(2)25-17-7-5-16(20)6-8-17;/h5-8,15H,4,9-14H2,1-3H3,(H2,21,22,23);1H. The average Bonchev–Trinajstić information content (AvgIpc) is 2.66. The molecule has 5 nitrogen and oxygen atoms in total. The summed E-state index contributed by atoms with van der Waals surface area (Å²) in [5, 5.41) is 7.40. The van der Waals surface area contributed by atoms with Gasteiger partial charge in [0.25, 0.3) is 0 Å². The van der Waals surface area contributed by atoms with E-state index in [2.05, 4.69) is 23.8 Å². The first-order valence-electron chi connectivity index (χ1n) is 9.14. The molecule has 1 unspecified atom stereocenters. The molecule has 1 fully saturated rings. The van der Waals surface area contributed by atoms with Crippen LogP contribution in [0.2, 0.25) is 5.02 Å². The molecule has 2 rings (SSSR count). The molecule has 0 radical (unpaired) electrons. The van der Waals surface area contributed by atoms with Crippen molar-refractivity contribution in [3.8, 4) is 5.75 Å². The molecule has 1 saturated heterocycles. The van der Waals surface area contributed by atoms with Crippen LogP contribution in [-0.2, 0) is 4.74 Å². The van der Waals surface area contributed by atoms with Crippen LogP contribution in [0.5, 0.6) is 5.75 Å². The molecular formula is C19H31ClIN3O2S. The maximum absolute atomic E-state index is 5.91.